The van der Waals surface area contributed by atoms with Gasteiger partial charge in [0.2, 0.25) is 0 Å². The number of allylic oxidation sites excluding steroid dienone is 3. The van der Waals surface area contributed by atoms with Crippen LogP contribution in [-0.2, 0) is 6.42 Å². The zero-order valence-electron chi connectivity index (χ0n) is 14.8. The first-order valence-electron chi connectivity index (χ1n) is 8.81. The quantitative estimate of drug-likeness (QED) is 0.464. The zero-order chi connectivity index (χ0) is 17.9. The molecule has 128 valence electrons. The summed E-state index contributed by atoms with van der Waals surface area (Å²) in [4.78, 5) is 0. The third kappa shape index (κ3) is 2.91. The molecule has 0 bridgehead atoms. The number of hydrogen-bond donors (Lipinski definition) is 1. The first-order valence-corrected chi connectivity index (χ1v) is 8.81. The Bertz CT molecular complexity index is 1120. The summed E-state index contributed by atoms with van der Waals surface area (Å²) in [5.74, 6) is 0. The first-order chi connectivity index (χ1) is 12.8. The normalized spacial score (nSPS) is 12.4. The Hall–Kier alpha value is -3.26. The van der Waals surface area contributed by atoms with Crippen LogP contribution in [0.25, 0.3) is 27.5 Å². The van der Waals surface area contributed by atoms with Gasteiger partial charge in [-0.2, -0.15) is 0 Å². The van der Waals surface area contributed by atoms with E-state index in [1.54, 1.807) is 6.20 Å². The topological polar surface area (TPSA) is 39.2 Å². The predicted molar refractivity (Wildman–Crippen MR) is 110 cm³/mol. The highest BCUT2D eigenvalue weighted by Crippen LogP contribution is 2.33. The molecule has 2 N–H and O–H groups in total. The average Bonchev–Trinajstić information content (AvgIpc) is 3.07. The van der Waals surface area contributed by atoms with Gasteiger partial charge in [-0.1, -0.05) is 72.8 Å². The lowest BCUT2D eigenvalue weighted by Gasteiger charge is -2.04. The van der Waals surface area contributed by atoms with E-state index in [4.69, 9.17) is 10.2 Å². The summed E-state index contributed by atoms with van der Waals surface area (Å²) in [6, 6.07) is 22.9. The lowest BCUT2D eigenvalue weighted by Crippen LogP contribution is -1.87. The molecule has 1 heterocycles. The van der Waals surface area contributed by atoms with Crippen LogP contribution in [0.4, 0.5) is 0 Å². The Kier molecular flexibility index (Phi) is 4.32. The van der Waals surface area contributed by atoms with Crippen molar-refractivity contribution in [3.63, 3.8) is 0 Å². The van der Waals surface area contributed by atoms with Gasteiger partial charge in [-0.15, -0.1) is 0 Å². The lowest BCUT2D eigenvalue weighted by molar-refractivity contribution is 0.661. The molecule has 0 aliphatic carbocycles. The Morgan fingerprint density at radius 2 is 1.62 bits per heavy atom. The highest BCUT2D eigenvalue weighted by atomic mass is 16.3. The van der Waals surface area contributed by atoms with E-state index in [2.05, 4.69) is 61.5 Å². The van der Waals surface area contributed by atoms with Crippen molar-refractivity contribution in [3.8, 4) is 0 Å². The first kappa shape index (κ1) is 16.2. The minimum Gasteiger partial charge on any atom is -0.455 e. The van der Waals surface area contributed by atoms with Crippen molar-refractivity contribution in [1.29, 1.82) is 0 Å². The molecule has 0 saturated heterocycles. The fourth-order valence-corrected chi connectivity index (χ4v) is 3.42. The minimum absolute atomic E-state index is 0.783. The molecule has 4 aromatic rings. The van der Waals surface area contributed by atoms with E-state index < -0.39 is 0 Å². The van der Waals surface area contributed by atoms with Crippen LogP contribution in [-0.4, -0.2) is 0 Å². The van der Waals surface area contributed by atoms with Gasteiger partial charge >= 0.3 is 0 Å². The van der Waals surface area contributed by atoms with Crippen molar-refractivity contribution in [1.82, 2.24) is 0 Å². The predicted octanol–water partition coefficient (Wildman–Crippen LogP) is 5.99. The smallest absolute Gasteiger partial charge is 0.138 e. The molecule has 0 aliphatic heterocycles. The van der Waals surface area contributed by atoms with Crippen LogP contribution in [0.1, 0.15) is 16.7 Å². The monoisotopic (exact) mass is 339 g/mol. The van der Waals surface area contributed by atoms with E-state index in [0.717, 1.165) is 34.3 Å². The molecule has 0 amide bonds. The number of fused-ring (bicyclic) bond motifs is 3. The van der Waals surface area contributed by atoms with Crippen molar-refractivity contribution < 1.29 is 4.42 Å². The minimum atomic E-state index is 0.783. The summed E-state index contributed by atoms with van der Waals surface area (Å²) in [5, 5.41) is 2.35. The van der Waals surface area contributed by atoms with Gasteiger partial charge in [-0.05, 0) is 47.9 Å². The molecule has 0 saturated carbocycles. The van der Waals surface area contributed by atoms with Crippen LogP contribution in [0.15, 0.2) is 89.5 Å². The maximum atomic E-state index is 6.24. The Balaban J connectivity index is 1.79. The number of hydrogen-bond acceptors (Lipinski definition) is 2. The summed E-state index contributed by atoms with van der Waals surface area (Å²) in [7, 11) is 0. The lowest BCUT2D eigenvalue weighted by atomic mass is 10.0. The SMILES string of the molecule is Cc1cccc2c1oc1c(C/C=C(\C=C/N)c3ccccc3)cccc12. The van der Waals surface area contributed by atoms with Gasteiger partial charge in [-0.25, -0.2) is 0 Å². The van der Waals surface area contributed by atoms with Crippen LogP contribution < -0.4 is 5.73 Å². The molecule has 2 nitrogen and oxygen atoms in total. The molecular formula is C24H21NO. The highest BCUT2D eigenvalue weighted by molar-refractivity contribution is 6.06. The van der Waals surface area contributed by atoms with Crippen LogP contribution in [0.3, 0.4) is 0 Å². The number of furan rings is 1. The molecule has 4 rings (SSSR count). The van der Waals surface area contributed by atoms with Gasteiger partial charge in [0, 0.05) is 10.8 Å². The van der Waals surface area contributed by atoms with Gasteiger partial charge in [0.1, 0.15) is 11.2 Å². The van der Waals surface area contributed by atoms with E-state index in [1.807, 2.05) is 24.3 Å². The highest BCUT2D eigenvalue weighted by Gasteiger charge is 2.11. The maximum Gasteiger partial charge on any atom is 0.138 e. The van der Waals surface area contributed by atoms with Gasteiger partial charge in [0.15, 0.2) is 0 Å². The van der Waals surface area contributed by atoms with Gasteiger partial charge in [-0.3, -0.25) is 0 Å². The summed E-state index contributed by atoms with van der Waals surface area (Å²) < 4.78 is 6.24. The van der Waals surface area contributed by atoms with E-state index in [9.17, 15) is 0 Å². The number of benzene rings is 3. The largest absolute Gasteiger partial charge is 0.455 e. The van der Waals surface area contributed by atoms with Crippen molar-refractivity contribution in [2.24, 2.45) is 5.73 Å². The zero-order valence-corrected chi connectivity index (χ0v) is 14.8. The number of aryl methyl sites for hydroxylation is 1. The van der Waals surface area contributed by atoms with Crippen molar-refractivity contribution in [2.75, 3.05) is 0 Å². The molecule has 2 heteroatoms. The Morgan fingerprint density at radius 1 is 0.885 bits per heavy atom. The molecule has 0 spiro atoms. The van der Waals surface area contributed by atoms with Gasteiger partial charge < -0.3 is 10.2 Å². The third-order valence-corrected chi connectivity index (χ3v) is 4.73. The average molecular weight is 339 g/mol. The summed E-state index contributed by atoms with van der Waals surface area (Å²) in [6.45, 7) is 2.09. The molecule has 0 atom stereocenters. The fraction of sp³-hybridized carbons (Fsp3) is 0.0833. The molecule has 0 fully saturated rings. The Morgan fingerprint density at radius 3 is 2.38 bits per heavy atom. The summed E-state index contributed by atoms with van der Waals surface area (Å²) in [6.07, 6.45) is 6.51. The Labute approximate surface area is 153 Å². The second kappa shape index (κ2) is 6.93. The molecule has 0 radical (unpaired) electrons. The van der Waals surface area contributed by atoms with E-state index >= 15 is 0 Å². The van der Waals surface area contributed by atoms with Crippen molar-refractivity contribution >= 4 is 27.5 Å². The number of rotatable bonds is 4. The molecule has 3 aromatic carbocycles. The van der Waals surface area contributed by atoms with Gasteiger partial charge in [0.05, 0.1) is 0 Å². The molecular weight excluding hydrogens is 318 g/mol. The summed E-state index contributed by atoms with van der Waals surface area (Å²) in [5.41, 5.74) is 12.2. The molecule has 1 aromatic heterocycles. The van der Waals surface area contributed by atoms with Crippen LogP contribution >= 0.6 is 0 Å². The molecule has 26 heavy (non-hydrogen) atoms. The standard InChI is InChI=1S/C24H21NO/c1-17-7-5-11-21-22-12-6-10-20(24(22)26-23(17)21)14-13-19(15-16-25)18-8-3-2-4-9-18/h2-13,15-16H,14,25H2,1H3/b16-15-,19-13+. The van der Waals surface area contributed by atoms with E-state index in [-0.39, 0.29) is 0 Å². The number of nitrogens with two attached hydrogens (primary N) is 1. The van der Waals surface area contributed by atoms with Gasteiger partial charge in [0.25, 0.3) is 0 Å². The third-order valence-electron chi connectivity index (χ3n) is 4.73. The van der Waals surface area contributed by atoms with Crippen LogP contribution in [0, 0.1) is 6.92 Å². The molecule has 0 aliphatic rings. The van der Waals surface area contributed by atoms with Crippen molar-refractivity contribution in [3.05, 3.63) is 102 Å². The maximum absolute atomic E-state index is 6.24. The van der Waals surface area contributed by atoms with E-state index in [0.29, 0.717) is 0 Å². The van der Waals surface area contributed by atoms with E-state index in [1.165, 1.54) is 16.3 Å². The number of para-hydroxylation sites is 2. The second-order valence-corrected chi connectivity index (χ2v) is 6.44. The molecule has 0 unspecified atom stereocenters. The fourth-order valence-electron chi connectivity index (χ4n) is 3.42. The van der Waals surface area contributed by atoms with Crippen LogP contribution in [0.2, 0.25) is 0 Å². The summed E-state index contributed by atoms with van der Waals surface area (Å²) >= 11 is 0. The second-order valence-electron chi connectivity index (χ2n) is 6.44. The van der Waals surface area contributed by atoms with Crippen molar-refractivity contribution in [2.45, 2.75) is 13.3 Å². The van der Waals surface area contributed by atoms with Crippen LogP contribution in [0.5, 0.6) is 0 Å².